The third kappa shape index (κ3) is 5.07. The standard InChI is InChI=1S/C22H24N6O/c29-21(10-7-18-5-2-1-3-6-18)26-20-9-8-19(17-25-20)27-13-15-28(16-14-27)22-23-11-4-12-24-22/h1-6,8-9,11-12,17H,7,10,13-16H2,(H,25,26,29). The number of hydrogen-bond donors (Lipinski definition) is 1. The van der Waals surface area contributed by atoms with Crippen molar-refractivity contribution in [3.05, 3.63) is 72.7 Å². The molecular weight excluding hydrogens is 364 g/mol. The normalized spacial score (nSPS) is 13.9. The largest absolute Gasteiger partial charge is 0.367 e. The van der Waals surface area contributed by atoms with Crippen LogP contribution in [0.1, 0.15) is 12.0 Å². The fourth-order valence-corrected chi connectivity index (χ4v) is 3.37. The van der Waals surface area contributed by atoms with Crippen LogP contribution in [0, 0.1) is 0 Å². The predicted octanol–water partition coefficient (Wildman–Crippen LogP) is 2.77. The second-order valence-electron chi connectivity index (χ2n) is 6.96. The first-order chi connectivity index (χ1) is 14.3. The molecule has 1 N–H and O–H groups in total. The monoisotopic (exact) mass is 388 g/mol. The van der Waals surface area contributed by atoms with Gasteiger partial charge in [-0.1, -0.05) is 30.3 Å². The SMILES string of the molecule is O=C(CCc1ccccc1)Nc1ccc(N2CCN(c3ncccn3)CC2)cn1. The Morgan fingerprint density at radius 3 is 2.28 bits per heavy atom. The summed E-state index contributed by atoms with van der Waals surface area (Å²) < 4.78 is 0. The number of amides is 1. The fourth-order valence-electron chi connectivity index (χ4n) is 3.37. The number of nitrogens with zero attached hydrogens (tertiary/aromatic N) is 5. The van der Waals surface area contributed by atoms with Gasteiger partial charge < -0.3 is 15.1 Å². The van der Waals surface area contributed by atoms with Crippen molar-refractivity contribution in [3.63, 3.8) is 0 Å². The van der Waals surface area contributed by atoms with Gasteiger partial charge in [0.2, 0.25) is 11.9 Å². The molecule has 0 unspecified atom stereocenters. The first kappa shape index (κ1) is 18.9. The number of benzene rings is 1. The minimum Gasteiger partial charge on any atom is -0.367 e. The molecule has 2 aromatic heterocycles. The van der Waals surface area contributed by atoms with Crippen LogP contribution in [0.2, 0.25) is 0 Å². The van der Waals surface area contributed by atoms with Crippen molar-refractivity contribution in [1.29, 1.82) is 0 Å². The molecule has 1 saturated heterocycles. The van der Waals surface area contributed by atoms with Gasteiger partial charge in [-0.3, -0.25) is 4.79 Å². The first-order valence-electron chi connectivity index (χ1n) is 9.85. The lowest BCUT2D eigenvalue weighted by atomic mass is 10.1. The molecular formula is C22H24N6O. The molecule has 1 fully saturated rings. The Kier molecular flexibility index (Phi) is 5.95. The molecule has 1 aliphatic rings. The number of hydrogen-bond acceptors (Lipinski definition) is 6. The van der Waals surface area contributed by atoms with Gasteiger partial charge in [-0.25, -0.2) is 15.0 Å². The van der Waals surface area contributed by atoms with E-state index in [1.807, 2.05) is 54.7 Å². The number of aromatic nitrogens is 3. The van der Waals surface area contributed by atoms with Gasteiger partial charge in [-0.2, -0.15) is 0 Å². The van der Waals surface area contributed by atoms with Gasteiger partial charge in [-0.15, -0.1) is 0 Å². The molecule has 1 aromatic carbocycles. The summed E-state index contributed by atoms with van der Waals surface area (Å²) in [5.41, 5.74) is 2.21. The number of carbonyl (C=O) groups is 1. The van der Waals surface area contributed by atoms with Gasteiger partial charge >= 0.3 is 0 Å². The zero-order valence-corrected chi connectivity index (χ0v) is 16.2. The smallest absolute Gasteiger partial charge is 0.225 e. The van der Waals surface area contributed by atoms with Crippen molar-refractivity contribution in [2.24, 2.45) is 0 Å². The highest BCUT2D eigenvalue weighted by Gasteiger charge is 2.19. The minimum atomic E-state index is -0.0226. The summed E-state index contributed by atoms with van der Waals surface area (Å²) >= 11 is 0. The maximum atomic E-state index is 12.2. The Bertz CT molecular complexity index is 909. The van der Waals surface area contributed by atoms with Gasteiger partial charge in [0.15, 0.2) is 0 Å². The van der Waals surface area contributed by atoms with E-state index in [0.717, 1.165) is 49.8 Å². The molecule has 4 rings (SSSR count). The second kappa shape index (κ2) is 9.14. The van der Waals surface area contributed by atoms with Crippen molar-refractivity contribution in [2.45, 2.75) is 12.8 Å². The van der Waals surface area contributed by atoms with Crippen LogP contribution in [0.5, 0.6) is 0 Å². The van der Waals surface area contributed by atoms with Gasteiger partial charge in [-0.05, 0) is 30.2 Å². The van der Waals surface area contributed by atoms with Gasteiger partial charge in [0.25, 0.3) is 0 Å². The average Bonchev–Trinajstić information content (AvgIpc) is 2.80. The third-order valence-electron chi connectivity index (χ3n) is 4.98. The quantitative estimate of drug-likeness (QED) is 0.700. The molecule has 0 atom stereocenters. The van der Waals surface area contributed by atoms with Crippen LogP contribution in [-0.4, -0.2) is 47.0 Å². The van der Waals surface area contributed by atoms with Crippen LogP contribution < -0.4 is 15.1 Å². The van der Waals surface area contributed by atoms with E-state index >= 15 is 0 Å². The number of anilines is 3. The molecule has 148 valence electrons. The number of nitrogens with one attached hydrogen (secondary N) is 1. The molecule has 0 spiro atoms. The van der Waals surface area contributed by atoms with E-state index in [1.54, 1.807) is 12.4 Å². The molecule has 1 aliphatic heterocycles. The topological polar surface area (TPSA) is 74.2 Å². The van der Waals surface area contributed by atoms with Crippen LogP contribution >= 0.6 is 0 Å². The molecule has 3 heterocycles. The molecule has 0 bridgehead atoms. The van der Waals surface area contributed by atoms with Gasteiger partial charge in [0.05, 0.1) is 11.9 Å². The van der Waals surface area contributed by atoms with E-state index in [2.05, 4.69) is 30.1 Å². The fraction of sp³-hybridized carbons (Fsp3) is 0.273. The van der Waals surface area contributed by atoms with Crippen LogP contribution in [0.3, 0.4) is 0 Å². The summed E-state index contributed by atoms with van der Waals surface area (Å²) in [6.07, 6.45) is 6.52. The molecule has 1 amide bonds. The highest BCUT2D eigenvalue weighted by molar-refractivity contribution is 5.89. The molecule has 0 radical (unpaired) electrons. The molecule has 7 nitrogen and oxygen atoms in total. The van der Waals surface area contributed by atoms with Crippen LogP contribution in [0.4, 0.5) is 17.5 Å². The minimum absolute atomic E-state index is 0.0226. The zero-order valence-electron chi connectivity index (χ0n) is 16.2. The lowest BCUT2D eigenvalue weighted by Crippen LogP contribution is -2.47. The van der Waals surface area contributed by atoms with Crippen molar-refractivity contribution in [1.82, 2.24) is 15.0 Å². The summed E-state index contributed by atoms with van der Waals surface area (Å²) in [6.45, 7) is 3.48. The van der Waals surface area contributed by atoms with E-state index in [1.165, 1.54) is 0 Å². The third-order valence-corrected chi connectivity index (χ3v) is 4.98. The zero-order chi connectivity index (χ0) is 19.9. The van der Waals surface area contributed by atoms with E-state index in [0.29, 0.717) is 12.2 Å². The number of piperazine rings is 1. The van der Waals surface area contributed by atoms with Crippen molar-refractivity contribution < 1.29 is 4.79 Å². The van der Waals surface area contributed by atoms with Crippen molar-refractivity contribution in [2.75, 3.05) is 41.3 Å². The van der Waals surface area contributed by atoms with E-state index in [4.69, 9.17) is 0 Å². The average molecular weight is 388 g/mol. The Hall–Kier alpha value is -3.48. The molecule has 29 heavy (non-hydrogen) atoms. The summed E-state index contributed by atoms with van der Waals surface area (Å²) in [5, 5.41) is 2.88. The van der Waals surface area contributed by atoms with Gasteiger partial charge in [0.1, 0.15) is 5.82 Å². The van der Waals surface area contributed by atoms with E-state index in [9.17, 15) is 4.79 Å². The molecule has 7 heteroatoms. The Morgan fingerprint density at radius 1 is 0.862 bits per heavy atom. The molecule has 3 aromatic rings. The van der Waals surface area contributed by atoms with Crippen LogP contribution in [0.25, 0.3) is 0 Å². The highest BCUT2D eigenvalue weighted by Crippen LogP contribution is 2.19. The van der Waals surface area contributed by atoms with E-state index in [-0.39, 0.29) is 5.91 Å². The molecule has 0 saturated carbocycles. The summed E-state index contributed by atoms with van der Waals surface area (Å²) in [4.78, 5) is 29.7. The number of pyridine rings is 1. The van der Waals surface area contributed by atoms with Crippen molar-refractivity contribution in [3.8, 4) is 0 Å². The van der Waals surface area contributed by atoms with Gasteiger partial charge in [0, 0.05) is 45.0 Å². The highest BCUT2D eigenvalue weighted by atomic mass is 16.1. The summed E-state index contributed by atoms with van der Waals surface area (Å²) in [6, 6.07) is 15.7. The van der Waals surface area contributed by atoms with Crippen LogP contribution in [-0.2, 0) is 11.2 Å². The Balaban J connectivity index is 1.26. The number of carbonyl (C=O) groups excluding carboxylic acids is 1. The Labute approximate surface area is 170 Å². The number of rotatable bonds is 6. The predicted molar refractivity (Wildman–Crippen MR) is 114 cm³/mol. The summed E-state index contributed by atoms with van der Waals surface area (Å²) in [7, 11) is 0. The van der Waals surface area contributed by atoms with Crippen molar-refractivity contribution >= 4 is 23.4 Å². The lowest BCUT2D eigenvalue weighted by Gasteiger charge is -2.35. The van der Waals surface area contributed by atoms with E-state index < -0.39 is 0 Å². The number of aryl methyl sites for hydroxylation is 1. The first-order valence-corrected chi connectivity index (χ1v) is 9.85. The lowest BCUT2D eigenvalue weighted by molar-refractivity contribution is -0.116. The summed E-state index contributed by atoms with van der Waals surface area (Å²) in [5.74, 6) is 1.34. The maximum Gasteiger partial charge on any atom is 0.225 e. The Morgan fingerprint density at radius 2 is 1.59 bits per heavy atom. The second-order valence-corrected chi connectivity index (χ2v) is 6.96. The molecule has 0 aliphatic carbocycles. The maximum absolute atomic E-state index is 12.2. The van der Waals surface area contributed by atoms with Crippen LogP contribution in [0.15, 0.2) is 67.1 Å².